The van der Waals surface area contributed by atoms with Crippen LogP contribution in [0.1, 0.15) is 62.7 Å². The van der Waals surface area contributed by atoms with Crippen LogP contribution in [0.15, 0.2) is 24.3 Å². The van der Waals surface area contributed by atoms with Crippen molar-refractivity contribution in [1.82, 2.24) is 10.6 Å². The number of aliphatic carboxylic acids is 1. The highest BCUT2D eigenvalue weighted by Gasteiger charge is 2.30. The molecule has 0 saturated heterocycles. The zero-order valence-corrected chi connectivity index (χ0v) is 16.5. The number of rotatable bonds is 7. The van der Waals surface area contributed by atoms with Gasteiger partial charge in [0.05, 0.1) is 0 Å². The Morgan fingerprint density at radius 1 is 1.26 bits per heavy atom. The van der Waals surface area contributed by atoms with Gasteiger partial charge in [0.25, 0.3) is 5.91 Å². The first-order valence-corrected chi connectivity index (χ1v) is 9.63. The number of halogens is 1. The summed E-state index contributed by atoms with van der Waals surface area (Å²) in [7, 11) is 0. The molecule has 7 heteroatoms. The van der Waals surface area contributed by atoms with Gasteiger partial charge in [-0.25, -0.2) is 0 Å². The minimum atomic E-state index is -1.01. The first kappa shape index (κ1) is 21.2. The second kappa shape index (κ2) is 9.22. The summed E-state index contributed by atoms with van der Waals surface area (Å²) in [6.45, 7) is 4.43. The van der Waals surface area contributed by atoms with Crippen LogP contribution in [0.3, 0.4) is 0 Å². The molecule has 1 aromatic carbocycles. The lowest BCUT2D eigenvalue weighted by molar-refractivity contribution is -0.137. The third kappa shape index (κ3) is 6.86. The van der Waals surface area contributed by atoms with Gasteiger partial charge in [-0.05, 0) is 55.7 Å². The summed E-state index contributed by atoms with van der Waals surface area (Å²) in [5, 5.41) is 15.0. The Morgan fingerprint density at radius 3 is 2.52 bits per heavy atom. The third-order valence-electron chi connectivity index (χ3n) is 5.04. The van der Waals surface area contributed by atoms with E-state index in [1.165, 1.54) is 6.07 Å². The fraction of sp³-hybridized carbons (Fsp3) is 0.550. The van der Waals surface area contributed by atoms with Crippen molar-refractivity contribution in [2.45, 2.75) is 64.5 Å². The number of carboxylic acids is 1. The van der Waals surface area contributed by atoms with Crippen LogP contribution in [0.4, 0.5) is 0 Å². The number of carbonyl (C=O) groups excluding carboxylic acids is 2. The summed E-state index contributed by atoms with van der Waals surface area (Å²) in [5.74, 6) is -1.80. The van der Waals surface area contributed by atoms with E-state index in [2.05, 4.69) is 24.5 Å². The Bertz CT molecular complexity index is 695. The van der Waals surface area contributed by atoms with E-state index in [0.717, 1.165) is 25.7 Å². The first-order chi connectivity index (χ1) is 12.7. The predicted octanol–water partition coefficient (Wildman–Crippen LogP) is 3.39. The van der Waals surface area contributed by atoms with Crippen molar-refractivity contribution < 1.29 is 19.5 Å². The summed E-state index contributed by atoms with van der Waals surface area (Å²) in [6.07, 6.45) is 3.63. The summed E-state index contributed by atoms with van der Waals surface area (Å²) in [6, 6.07) is 5.55. The van der Waals surface area contributed by atoms with Gasteiger partial charge in [0.1, 0.15) is 6.04 Å². The van der Waals surface area contributed by atoms with E-state index >= 15 is 0 Å². The van der Waals surface area contributed by atoms with E-state index in [4.69, 9.17) is 16.7 Å². The maximum Gasteiger partial charge on any atom is 0.303 e. The van der Waals surface area contributed by atoms with Crippen molar-refractivity contribution in [3.05, 3.63) is 34.9 Å². The second-order valence-corrected chi connectivity index (χ2v) is 8.35. The van der Waals surface area contributed by atoms with Gasteiger partial charge in [-0.2, -0.15) is 0 Å². The normalized spacial score (nSPS) is 17.7. The van der Waals surface area contributed by atoms with E-state index in [1.807, 2.05) is 0 Å². The Labute approximate surface area is 164 Å². The second-order valence-electron chi connectivity index (χ2n) is 7.92. The summed E-state index contributed by atoms with van der Waals surface area (Å²) in [4.78, 5) is 36.0. The van der Waals surface area contributed by atoms with Gasteiger partial charge in [0.2, 0.25) is 5.91 Å². The summed E-state index contributed by atoms with van der Waals surface area (Å²) >= 11 is 5.91. The molecule has 0 aromatic heterocycles. The monoisotopic (exact) mass is 394 g/mol. The van der Waals surface area contributed by atoms with Gasteiger partial charge in [0.15, 0.2) is 0 Å². The zero-order valence-electron chi connectivity index (χ0n) is 15.8. The van der Waals surface area contributed by atoms with E-state index < -0.39 is 17.9 Å². The lowest BCUT2D eigenvalue weighted by atomic mass is 9.75. The maximum atomic E-state index is 12.7. The fourth-order valence-electron chi connectivity index (χ4n) is 3.25. The van der Waals surface area contributed by atoms with Crippen LogP contribution in [0.25, 0.3) is 0 Å². The van der Waals surface area contributed by atoms with Crippen LogP contribution in [-0.2, 0) is 9.59 Å². The molecule has 2 amide bonds. The Kier molecular flexibility index (Phi) is 7.25. The molecular formula is C20H27ClN2O4. The molecule has 3 N–H and O–H groups in total. The van der Waals surface area contributed by atoms with Crippen molar-refractivity contribution in [3.63, 3.8) is 0 Å². The smallest absolute Gasteiger partial charge is 0.303 e. The fourth-order valence-corrected chi connectivity index (χ4v) is 3.44. The van der Waals surface area contributed by atoms with Gasteiger partial charge in [-0.15, -0.1) is 0 Å². The van der Waals surface area contributed by atoms with Crippen LogP contribution < -0.4 is 10.6 Å². The summed E-state index contributed by atoms with van der Waals surface area (Å²) in [5.41, 5.74) is 0.611. The highest BCUT2D eigenvalue weighted by Crippen LogP contribution is 2.35. The number of carboxylic acid groups (broad SMARTS) is 1. The Morgan fingerprint density at radius 2 is 1.93 bits per heavy atom. The molecule has 0 heterocycles. The van der Waals surface area contributed by atoms with Crippen LogP contribution >= 0.6 is 11.6 Å². The number of carbonyl (C=O) groups is 3. The number of benzene rings is 1. The zero-order chi connectivity index (χ0) is 20.0. The van der Waals surface area contributed by atoms with Gasteiger partial charge in [-0.1, -0.05) is 31.5 Å². The third-order valence-corrected chi connectivity index (χ3v) is 5.28. The average Bonchev–Trinajstić information content (AvgIpc) is 2.60. The topological polar surface area (TPSA) is 95.5 Å². The molecular weight excluding hydrogens is 368 g/mol. The molecule has 1 aliphatic rings. The molecule has 1 aromatic rings. The molecule has 2 rings (SSSR count). The molecule has 0 bridgehead atoms. The maximum absolute atomic E-state index is 12.7. The molecule has 1 atom stereocenters. The van der Waals surface area contributed by atoms with Gasteiger partial charge in [-0.3, -0.25) is 14.4 Å². The number of hydrogen-bond donors (Lipinski definition) is 3. The molecule has 148 valence electrons. The molecule has 27 heavy (non-hydrogen) atoms. The molecule has 1 saturated carbocycles. The molecule has 0 radical (unpaired) electrons. The first-order valence-electron chi connectivity index (χ1n) is 9.25. The molecule has 0 aliphatic heterocycles. The van der Waals surface area contributed by atoms with Crippen LogP contribution in [0.2, 0.25) is 5.02 Å². The quantitative estimate of drug-likeness (QED) is 0.660. The highest BCUT2D eigenvalue weighted by molar-refractivity contribution is 6.31. The van der Waals surface area contributed by atoms with Crippen molar-refractivity contribution in [2.24, 2.45) is 5.41 Å². The van der Waals surface area contributed by atoms with Gasteiger partial charge in [0, 0.05) is 23.0 Å². The van der Waals surface area contributed by atoms with Crippen LogP contribution in [0, 0.1) is 5.41 Å². The van der Waals surface area contributed by atoms with Gasteiger partial charge >= 0.3 is 5.97 Å². The summed E-state index contributed by atoms with van der Waals surface area (Å²) < 4.78 is 0. The van der Waals surface area contributed by atoms with Crippen molar-refractivity contribution in [3.8, 4) is 0 Å². The predicted molar refractivity (Wildman–Crippen MR) is 104 cm³/mol. The SMILES string of the molecule is CC1(C)CCC(NC(=O)[C@@H](CCC(=O)O)NC(=O)c2cccc(Cl)c2)CC1. The molecule has 6 nitrogen and oxygen atoms in total. The number of nitrogens with one attached hydrogen (secondary N) is 2. The lowest BCUT2D eigenvalue weighted by Crippen LogP contribution is -2.50. The molecule has 1 aliphatic carbocycles. The Balaban J connectivity index is 2.01. The van der Waals surface area contributed by atoms with Crippen LogP contribution in [0.5, 0.6) is 0 Å². The van der Waals surface area contributed by atoms with E-state index in [-0.39, 0.29) is 30.2 Å². The Hall–Kier alpha value is -2.08. The lowest BCUT2D eigenvalue weighted by Gasteiger charge is -2.35. The number of hydrogen-bond acceptors (Lipinski definition) is 3. The van der Waals surface area contributed by atoms with Crippen molar-refractivity contribution in [1.29, 1.82) is 0 Å². The number of amides is 2. The molecule has 1 fully saturated rings. The minimum Gasteiger partial charge on any atom is -0.481 e. The molecule has 0 unspecified atom stereocenters. The van der Waals surface area contributed by atoms with E-state index in [9.17, 15) is 14.4 Å². The van der Waals surface area contributed by atoms with Gasteiger partial charge < -0.3 is 15.7 Å². The van der Waals surface area contributed by atoms with E-state index in [1.54, 1.807) is 18.2 Å². The van der Waals surface area contributed by atoms with E-state index in [0.29, 0.717) is 10.6 Å². The van der Waals surface area contributed by atoms with Crippen molar-refractivity contribution in [2.75, 3.05) is 0 Å². The average molecular weight is 395 g/mol. The largest absolute Gasteiger partial charge is 0.481 e. The van der Waals surface area contributed by atoms with Crippen molar-refractivity contribution >= 4 is 29.4 Å². The molecule has 0 spiro atoms. The van der Waals surface area contributed by atoms with Crippen LogP contribution in [-0.4, -0.2) is 35.0 Å². The minimum absolute atomic E-state index is 0.0334. The standard InChI is InChI=1S/C20H27ClN2O4/c1-20(2)10-8-15(9-11-20)22-19(27)16(6-7-17(24)25)23-18(26)13-4-3-5-14(21)12-13/h3-5,12,15-16H,6-11H2,1-2H3,(H,22,27)(H,23,26)(H,24,25)/t16-/m1/s1. The highest BCUT2D eigenvalue weighted by atomic mass is 35.5.